The van der Waals surface area contributed by atoms with E-state index in [2.05, 4.69) is 185 Å². The van der Waals surface area contributed by atoms with Crippen LogP contribution in [-0.2, 0) is 0 Å². The number of hydrogen-bond donors (Lipinski definition) is 0. The molecule has 0 aliphatic heterocycles. The Labute approximate surface area is 361 Å². The zero-order valence-corrected chi connectivity index (χ0v) is 33.9. The number of nitrogens with zero attached hydrogens (tertiary/aromatic N) is 5. The van der Waals surface area contributed by atoms with Gasteiger partial charge in [0.2, 0.25) is 0 Å². The van der Waals surface area contributed by atoms with Crippen LogP contribution in [0.5, 0.6) is 0 Å². The van der Waals surface area contributed by atoms with Gasteiger partial charge in [0, 0.05) is 54.7 Å². The predicted molar refractivity (Wildman–Crippen MR) is 258 cm³/mol. The molecule has 9 aromatic carbocycles. The Hall–Kier alpha value is -8.61. The molecule has 0 saturated heterocycles. The summed E-state index contributed by atoms with van der Waals surface area (Å²) in [7, 11) is 0. The Morgan fingerprint density at radius 1 is 0.302 bits per heavy atom. The maximum Gasteiger partial charge on any atom is 0.164 e. The summed E-state index contributed by atoms with van der Waals surface area (Å²) in [4.78, 5) is 15.4. The van der Waals surface area contributed by atoms with E-state index in [0.717, 1.165) is 94.0 Å². The summed E-state index contributed by atoms with van der Waals surface area (Å²) in [5, 5.41) is 6.77. The number of furan rings is 1. The van der Waals surface area contributed by atoms with Crippen molar-refractivity contribution in [2.24, 2.45) is 0 Å². The van der Waals surface area contributed by atoms with Gasteiger partial charge in [-0.05, 0) is 59.7 Å². The first-order valence-electron chi connectivity index (χ1n) is 21.2. The zero-order valence-electron chi connectivity index (χ0n) is 33.9. The summed E-state index contributed by atoms with van der Waals surface area (Å²) < 4.78 is 11.9. The van der Waals surface area contributed by atoms with Gasteiger partial charge in [0.25, 0.3) is 0 Å². The Morgan fingerprint density at radius 3 is 1.51 bits per heavy atom. The van der Waals surface area contributed by atoms with Crippen LogP contribution in [0.4, 0.5) is 0 Å². The lowest BCUT2D eigenvalue weighted by molar-refractivity contribution is 0.668. The minimum absolute atomic E-state index is 0.598. The van der Waals surface area contributed by atoms with Crippen LogP contribution in [0.3, 0.4) is 0 Å². The van der Waals surface area contributed by atoms with E-state index in [-0.39, 0.29) is 0 Å². The normalized spacial score (nSPS) is 11.8. The average Bonchev–Trinajstić information content (AvgIpc) is 4.02. The number of aromatic nitrogens is 5. The van der Waals surface area contributed by atoms with E-state index in [1.165, 1.54) is 10.8 Å². The van der Waals surface area contributed by atoms with E-state index in [1.807, 2.05) is 36.4 Å². The molecule has 6 nitrogen and oxygen atoms in total. The lowest BCUT2D eigenvalue weighted by atomic mass is 10.0. The van der Waals surface area contributed by atoms with E-state index in [9.17, 15) is 0 Å². The minimum Gasteiger partial charge on any atom is -0.452 e. The van der Waals surface area contributed by atoms with Gasteiger partial charge in [-0.1, -0.05) is 164 Å². The highest BCUT2D eigenvalue weighted by atomic mass is 16.3. The van der Waals surface area contributed by atoms with Crippen molar-refractivity contribution in [1.82, 2.24) is 24.1 Å². The third-order valence-corrected chi connectivity index (χ3v) is 12.4. The van der Waals surface area contributed by atoms with Gasteiger partial charge in [-0.15, -0.1) is 0 Å². The van der Waals surface area contributed by atoms with Crippen molar-refractivity contribution in [1.29, 1.82) is 0 Å². The summed E-state index contributed by atoms with van der Waals surface area (Å²) in [6.45, 7) is 0. The highest BCUT2D eigenvalue weighted by Gasteiger charge is 2.23. The molecular formula is C57H35N5O. The Kier molecular flexibility index (Phi) is 7.80. The van der Waals surface area contributed by atoms with Crippen molar-refractivity contribution < 1.29 is 4.42 Å². The van der Waals surface area contributed by atoms with Crippen LogP contribution in [0.25, 0.3) is 122 Å². The first kappa shape index (κ1) is 35.2. The molecule has 4 heterocycles. The molecular weight excluding hydrogens is 771 g/mol. The smallest absolute Gasteiger partial charge is 0.164 e. The highest BCUT2D eigenvalue weighted by molar-refractivity contribution is 6.23. The molecule has 0 aliphatic carbocycles. The molecule has 0 bridgehead atoms. The first-order chi connectivity index (χ1) is 31.2. The Balaban J connectivity index is 1.05. The third-order valence-electron chi connectivity index (χ3n) is 12.4. The molecule has 294 valence electrons. The van der Waals surface area contributed by atoms with E-state index in [4.69, 9.17) is 19.4 Å². The van der Waals surface area contributed by atoms with Gasteiger partial charge in [-0.2, -0.15) is 0 Å². The highest BCUT2D eigenvalue weighted by Crippen LogP contribution is 2.44. The fraction of sp³-hybridized carbons (Fsp3) is 0. The molecule has 0 amide bonds. The van der Waals surface area contributed by atoms with Crippen molar-refractivity contribution >= 4 is 65.6 Å². The summed E-state index contributed by atoms with van der Waals surface area (Å²) in [5.74, 6) is 1.83. The van der Waals surface area contributed by atoms with Gasteiger partial charge in [0.05, 0.1) is 27.8 Å². The minimum atomic E-state index is 0.598. The average molecular weight is 806 g/mol. The molecule has 0 aliphatic rings. The third kappa shape index (κ3) is 5.55. The van der Waals surface area contributed by atoms with Crippen LogP contribution >= 0.6 is 0 Å². The molecule has 0 unspecified atom stereocenters. The first-order valence-corrected chi connectivity index (χ1v) is 21.2. The second-order valence-corrected chi connectivity index (χ2v) is 16.0. The number of fused-ring (bicyclic) bond motifs is 10. The molecule has 13 rings (SSSR count). The van der Waals surface area contributed by atoms with Crippen molar-refractivity contribution in [3.8, 4) is 56.7 Å². The van der Waals surface area contributed by atoms with E-state index < -0.39 is 0 Å². The molecule has 4 aromatic heterocycles. The van der Waals surface area contributed by atoms with Crippen molar-refractivity contribution in [3.05, 3.63) is 212 Å². The standard InChI is InChI=1S/C57H35N5O/c1-4-16-36(17-5-1)38-20-14-21-39(34-38)56-58-55(37-18-6-2-7-19-37)59-57(60-56)40-30-31-44-45-32-33-47-46-26-15-29-50(62-48-27-12-10-24-42(48)43-25-11-13-28-49(43)62)53(46)63-54(47)52(45)61(51(44)35-40)41-22-8-3-9-23-41/h1-35H. The lowest BCUT2D eigenvalue weighted by Crippen LogP contribution is -2.00. The fourth-order valence-corrected chi connectivity index (χ4v) is 9.50. The monoisotopic (exact) mass is 805 g/mol. The van der Waals surface area contributed by atoms with Crippen LogP contribution in [0.2, 0.25) is 0 Å². The zero-order chi connectivity index (χ0) is 41.4. The quantitative estimate of drug-likeness (QED) is 0.168. The molecule has 0 fully saturated rings. The van der Waals surface area contributed by atoms with E-state index in [1.54, 1.807) is 0 Å². The Bertz CT molecular complexity index is 3850. The maximum atomic E-state index is 7.22. The largest absolute Gasteiger partial charge is 0.452 e. The van der Waals surface area contributed by atoms with Gasteiger partial charge < -0.3 is 13.6 Å². The van der Waals surface area contributed by atoms with Crippen molar-refractivity contribution in [3.63, 3.8) is 0 Å². The maximum absolute atomic E-state index is 7.22. The van der Waals surface area contributed by atoms with Crippen LogP contribution < -0.4 is 0 Å². The van der Waals surface area contributed by atoms with Gasteiger partial charge in [0.1, 0.15) is 0 Å². The Morgan fingerprint density at radius 2 is 0.794 bits per heavy atom. The van der Waals surface area contributed by atoms with Crippen LogP contribution in [0.15, 0.2) is 217 Å². The summed E-state index contributed by atoms with van der Waals surface area (Å²) in [5.41, 5.74) is 13.0. The van der Waals surface area contributed by atoms with E-state index in [0.29, 0.717) is 17.5 Å². The molecule has 6 heteroatoms. The second kappa shape index (κ2) is 14.0. The molecule has 0 spiro atoms. The molecule has 13 aromatic rings. The molecule has 0 atom stereocenters. The molecule has 0 radical (unpaired) electrons. The lowest BCUT2D eigenvalue weighted by Gasteiger charge is -2.11. The van der Waals surface area contributed by atoms with Crippen LogP contribution in [0.1, 0.15) is 0 Å². The molecule has 63 heavy (non-hydrogen) atoms. The van der Waals surface area contributed by atoms with E-state index >= 15 is 0 Å². The summed E-state index contributed by atoms with van der Waals surface area (Å²) >= 11 is 0. The van der Waals surface area contributed by atoms with Gasteiger partial charge in [0.15, 0.2) is 28.6 Å². The van der Waals surface area contributed by atoms with Gasteiger partial charge in [-0.3, -0.25) is 0 Å². The van der Waals surface area contributed by atoms with Crippen LogP contribution in [-0.4, -0.2) is 24.1 Å². The van der Waals surface area contributed by atoms with Crippen molar-refractivity contribution in [2.45, 2.75) is 0 Å². The number of para-hydroxylation sites is 4. The van der Waals surface area contributed by atoms with Gasteiger partial charge in [-0.25, -0.2) is 15.0 Å². The number of hydrogen-bond acceptors (Lipinski definition) is 4. The van der Waals surface area contributed by atoms with Crippen LogP contribution in [0, 0.1) is 0 Å². The topological polar surface area (TPSA) is 61.7 Å². The van der Waals surface area contributed by atoms with Gasteiger partial charge >= 0.3 is 0 Å². The SMILES string of the molecule is c1ccc(-c2cccc(-c3nc(-c4ccccc4)nc(-c4ccc5c6ccc7c8cccc(-n9c%10ccccc%10c%10ccccc%109)c8oc7c6n(-c6ccccc6)c5c4)n3)c2)cc1. The predicted octanol–water partition coefficient (Wildman–Crippen LogP) is 14.6. The van der Waals surface area contributed by atoms with Crippen molar-refractivity contribution in [2.75, 3.05) is 0 Å². The number of rotatable bonds is 6. The fourth-order valence-electron chi connectivity index (χ4n) is 9.50. The number of benzene rings is 9. The molecule has 0 saturated carbocycles. The summed E-state index contributed by atoms with van der Waals surface area (Å²) in [6, 6.07) is 74.2. The summed E-state index contributed by atoms with van der Waals surface area (Å²) in [6.07, 6.45) is 0. The second-order valence-electron chi connectivity index (χ2n) is 16.0. The molecule has 0 N–H and O–H groups in total.